The number of rotatable bonds is 4. The van der Waals surface area contributed by atoms with Crippen molar-refractivity contribution in [3.8, 4) is 17.5 Å². The third-order valence-corrected chi connectivity index (χ3v) is 2.42. The van der Waals surface area contributed by atoms with Crippen molar-refractivity contribution in [3.63, 3.8) is 0 Å². The molecule has 1 aromatic heterocycles. The Hall–Kier alpha value is -2.05. The molecule has 0 bridgehead atoms. The lowest BCUT2D eigenvalue weighted by Gasteiger charge is -2.04. The molecule has 0 spiro atoms. The van der Waals surface area contributed by atoms with Crippen LogP contribution in [-0.4, -0.2) is 16.3 Å². The lowest BCUT2D eigenvalue weighted by molar-refractivity contribution is 0.769. The zero-order valence-electron chi connectivity index (χ0n) is 9.85. The van der Waals surface area contributed by atoms with Crippen LogP contribution in [0, 0.1) is 11.8 Å². The molecule has 1 heterocycles. The molecule has 0 unspecified atom stereocenters. The Labute approximate surface area is 101 Å². The highest BCUT2D eigenvalue weighted by molar-refractivity contribution is 5.33. The van der Waals surface area contributed by atoms with Crippen LogP contribution in [0.5, 0.6) is 0 Å². The molecule has 86 valence electrons. The van der Waals surface area contributed by atoms with Gasteiger partial charge in [-0.3, -0.25) is 0 Å². The molecule has 0 atom stereocenters. The summed E-state index contributed by atoms with van der Waals surface area (Å²) in [6.07, 6.45) is 3.71. The number of hydrogen-bond acceptors (Lipinski definition) is 2. The Balaban J connectivity index is 1.95. The van der Waals surface area contributed by atoms with Gasteiger partial charge in [0.1, 0.15) is 0 Å². The molecular formula is C14H15N3. The minimum Gasteiger partial charge on any atom is -0.302 e. The molecular weight excluding hydrogens is 210 g/mol. The lowest BCUT2D eigenvalue weighted by atomic mass is 10.2. The van der Waals surface area contributed by atoms with Crippen molar-refractivity contribution in [2.45, 2.75) is 13.5 Å². The second-order valence-corrected chi connectivity index (χ2v) is 3.65. The van der Waals surface area contributed by atoms with Gasteiger partial charge in [-0.1, -0.05) is 18.1 Å². The van der Waals surface area contributed by atoms with Crippen molar-refractivity contribution < 1.29 is 0 Å². The Morgan fingerprint density at radius 1 is 1.29 bits per heavy atom. The lowest BCUT2D eigenvalue weighted by Crippen LogP contribution is -2.13. The van der Waals surface area contributed by atoms with Crippen molar-refractivity contribution in [3.05, 3.63) is 48.3 Å². The third-order valence-electron chi connectivity index (χ3n) is 2.42. The smallest absolute Gasteiger partial charge is 0.0645 e. The molecule has 1 aromatic carbocycles. The molecule has 0 saturated heterocycles. The molecule has 2 rings (SSSR count). The highest BCUT2D eigenvalue weighted by atomic mass is 15.3. The Morgan fingerprint density at radius 2 is 2.12 bits per heavy atom. The van der Waals surface area contributed by atoms with E-state index in [2.05, 4.69) is 46.5 Å². The first kappa shape index (κ1) is 11.4. The summed E-state index contributed by atoms with van der Waals surface area (Å²) in [6, 6.07) is 10.2. The molecule has 3 nitrogen and oxygen atoms in total. The van der Waals surface area contributed by atoms with Gasteiger partial charge in [-0.05, 0) is 30.7 Å². The van der Waals surface area contributed by atoms with Gasteiger partial charge in [0, 0.05) is 18.9 Å². The number of hydrogen-bond donors (Lipinski definition) is 1. The average Bonchev–Trinajstić information content (AvgIpc) is 2.89. The first-order valence-corrected chi connectivity index (χ1v) is 5.59. The Bertz CT molecular complexity index is 501. The van der Waals surface area contributed by atoms with Crippen LogP contribution in [0.1, 0.15) is 12.5 Å². The van der Waals surface area contributed by atoms with Gasteiger partial charge in [-0.15, -0.1) is 5.92 Å². The van der Waals surface area contributed by atoms with Crippen LogP contribution in [0.25, 0.3) is 5.69 Å². The topological polar surface area (TPSA) is 29.9 Å². The van der Waals surface area contributed by atoms with E-state index in [4.69, 9.17) is 0 Å². The molecule has 0 aliphatic carbocycles. The normalized spacial score (nSPS) is 9.71. The van der Waals surface area contributed by atoms with Crippen LogP contribution in [0.4, 0.5) is 0 Å². The molecule has 0 fully saturated rings. The van der Waals surface area contributed by atoms with E-state index < -0.39 is 0 Å². The molecule has 0 saturated carbocycles. The Morgan fingerprint density at radius 3 is 2.76 bits per heavy atom. The highest BCUT2D eigenvalue weighted by Gasteiger charge is 1.96. The standard InChI is InChI=1S/C14H15N3/c1-2-3-9-15-12-13-5-7-14(8-6-13)17-11-4-10-16-17/h4-8,10-11,15H,9,12H2,1H3. The van der Waals surface area contributed by atoms with Gasteiger partial charge in [0.15, 0.2) is 0 Å². The zero-order chi connectivity index (χ0) is 11.9. The van der Waals surface area contributed by atoms with Crippen molar-refractivity contribution in [2.24, 2.45) is 0 Å². The minimum absolute atomic E-state index is 0.734. The van der Waals surface area contributed by atoms with Crippen molar-refractivity contribution >= 4 is 0 Å². The first-order valence-electron chi connectivity index (χ1n) is 5.59. The quantitative estimate of drug-likeness (QED) is 0.637. The van der Waals surface area contributed by atoms with Gasteiger partial charge >= 0.3 is 0 Å². The van der Waals surface area contributed by atoms with E-state index in [1.54, 1.807) is 6.20 Å². The van der Waals surface area contributed by atoms with E-state index in [0.717, 1.165) is 18.8 Å². The van der Waals surface area contributed by atoms with E-state index in [-0.39, 0.29) is 0 Å². The summed E-state index contributed by atoms with van der Waals surface area (Å²) in [5, 5.41) is 7.45. The van der Waals surface area contributed by atoms with E-state index in [9.17, 15) is 0 Å². The number of nitrogens with one attached hydrogen (secondary N) is 1. The minimum atomic E-state index is 0.734. The summed E-state index contributed by atoms with van der Waals surface area (Å²) in [4.78, 5) is 0. The predicted molar refractivity (Wildman–Crippen MR) is 68.7 cm³/mol. The van der Waals surface area contributed by atoms with Crippen LogP contribution >= 0.6 is 0 Å². The highest BCUT2D eigenvalue weighted by Crippen LogP contribution is 2.08. The molecule has 17 heavy (non-hydrogen) atoms. The Kier molecular flexibility index (Phi) is 3.95. The molecule has 0 aliphatic heterocycles. The van der Waals surface area contributed by atoms with E-state index in [1.165, 1.54) is 5.56 Å². The van der Waals surface area contributed by atoms with Crippen LogP contribution in [0.15, 0.2) is 42.7 Å². The van der Waals surface area contributed by atoms with Gasteiger partial charge in [-0.25, -0.2) is 4.68 Å². The van der Waals surface area contributed by atoms with Gasteiger partial charge in [0.05, 0.1) is 12.2 Å². The third kappa shape index (κ3) is 3.20. The summed E-state index contributed by atoms with van der Waals surface area (Å²) in [5.41, 5.74) is 2.32. The fourth-order valence-corrected chi connectivity index (χ4v) is 1.55. The van der Waals surface area contributed by atoms with E-state index in [1.807, 2.05) is 23.9 Å². The molecule has 0 aliphatic rings. The molecule has 0 radical (unpaired) electrons. The van der Waals surface area contributed by atoms with Crippen molar-refractivity contribution in [2.75, 3.05) is 6.54 Å². The van der Waals surface area contributed by atoms with Gasteiger partial charge < -0.3 is 5.32 Å². The van der Waals surface area contributed by atoms with Crippen LogP contribution in [0.3, 0.4) is 0 Å². The van der Waals surface area contributed by atoms with Gasteiger partial charge in [0.2, 0.25) is 0 Å². The van der Waals surface area contributed by atoms with Crippen LogP contribution < -0.4 is 5.32 Å². The molecule has 1 N–H and O–H groups in total. The molecule has 0 amide bonds. The van der Waals surface area contributed by atoms with Crippen LogP contribution in [0.2, 0.25) is 0 Å². The SMILES string of the molecule is CC#CCNCc1ccc(-n2cccn2)cc1. The predicted octanol–water partition coefficient (Wildman–Crippen LogP) is 1.99. The van der Waals surface area contributed by atoms with E-state index >= 15 is 0 Å². The van der Waals surface area contributed by atoms with Gasteiger partial charge in [-0.2, -0.15) is 5.10 Å². The van der Waals surface area contributed by atoms with Crippen LogP contribution in [-0.2, 0) is 6.54 Å². The summed E-state index contributed by atoms with van der Waals surface area (Å²) in [6.45, 7) is 3.42. The van der Waals surface area contributed by atoms with Gasteiger partial charge in [0.25, 0.3) is 0 Å². The zero-order valence-corrected chi connectivity index (χ0v) is 9.85. The first-order chi connectivity index (χ1) is 8.40. The number of aromatic nitrogens is 2. The monoisotopic (exact) mass is 225 g/mol. The maximum atomic E-state index is 4.19. The number of benzene rings is 1. The van der Waals surface area contributed by atoms with Crippen molar-refractivity contribution in [1.82, 2.24) is 15.1 Å². The summed E-state index contributed by atoms with van der Waals surface area (Å²) in [5.74, 6) is 5.83. The summed E-state index contributed by atoms with van der Waals surface area (Å²) < 4.78 is 1.85. The number of nitrogens with zero attached hydrogens (tertiary/aromatic N) is 2. The summed E-state index contributed by atoms with van der Waals surface area (Å²) >= 11 is 0. The maximum absolute atomic E-state index is 4.19. The molecule has 3 heteroatoms. The maximum Gasteiger partial charge on any atom is 0.0645 e. The fraction of sp³-hybridized carbons (Fsp3) is 0.214. The van der Waals surface area contributed by atoms with Crippen molar-refractivity contribution in [1.29, 1.82) is 0 Å². The summed E-state index contributed by atoms with van der Waals surface area (Å²) in [7, 11) is 0. The molecule has 2 aromatic rings. The average molecular weight is 225 g/mol. The van der Waals surface area contributed by atoms with E-state index in [0.29, 0.717) is 0 Å². The second kappa shape index (κ2) is 5.88. The second-order valence-electron chi connectivity index (χ2n) is 3.65. The fourth-order valence-electron chi connectivity index (χ4n) is 1.55. The largest absolute Gasteiger partial charge is 0.302 e.